The van der Waals surface area contributed by atoms with E-state index in [0.29, 0.717) is 5.56 Å². The molecule has 0 bridgehead atoms. The van der Waals surface area contributed by atoms with Gasteiger partial charge >= 0.3 is 5.97 Å². The average molecular weight is 300 g/mol. The topological polar surface area (TPSA) is 107 Å². The molecular formula is C13H16O6S. The van der Waals surface area contributed by atoms with E-state index >= 15 is 0 Å². The third-order valence-electron chi connectivity index (χ3n) is 2.64. The molecule has 6 nitrogen and oxygen atoms in total. The number of rotatable bonds is 6. The average Bonchev–Trinajstić information content (AvgIpc) is 2.44. The second kappa shape index (κ2) is 7.18. The molecule has 1 aromatic rings. The summed E-state index contributed by atoms with van der Waals surface area (Å²) >= 11 is 3.87. The quantitative estimate of drug-likeness (QED) is 0.393. The minimum atomic E-state index is -1.36. The molecule has 7 heteroatoms. The maximum Gasteiger partial charge on any atom is 0.328 e. The Hall–Kier alpha value is -1.70. The normalized spacial score (nSPS) is 14.2. The first-order chi connectivity index (χ1) is 9.40. The van der Waals surface area contributed by atoms with E-state index in [0.717, 1.165) is 6.08 Å². The number of carbonyl (C=O) groups is 1. The van der Waals surface area contributed by atoms with Gasteiger partial charge in [0, 0.05) is 17.4 Å². The Bertz CT molecular complexity index is 514. The van der Waals surface area contributed by atoms with E-state index in [1.807, 2.05) is 0 Å². The van der Waals surface area contributed by atoms with E-state index < -0.39 is 18.2 Å². The molecule has 0 saturated heterocycles. The summed E-state index contributed by atoms with van der Waals surface area (Å²) in [6.45, 7) is 0. The number of ether oxygens (including phenoxy) is 1. The van der Waals surface area contributed by atoms with Crippen LogP contribution in [0.3, 0.4) is 0 Å². The molecule has 0 spiro atoms. The lowest BCUT2D eigenvalue weighted by molar-refractivity contribution is -0.131. The summed E-state index contributed by atoms with van der Waals surface area (Å²) in [5, 5.41) is 38.1. The van der Waals surface area contributed by atoms with Gasteiger partial charge in [-0.15, -0.1) is 0 Å². The number of aromatic hydroxyl groups is 1. The van der Waals surface area contributed by atoms with Gasteiger partial charge in [0.25, 0.3) is 0 Å². The highest BCUT2D eigenvalue weighted by Gasteiger charge is 2.23. The lowest BCUT2D eigenvalue weighted by Crippen LogP contribution is -2.20. The number of hydrogen-bond donors (Lipinski definition) is 5. The number of phenols is 1. The van der Waals surface area contributed by atoms with E-state index in [9.17, 15) is 20.1 Å². The van der Waals surface area contributed by atoms with Crippen molar-refractivity contribution in [3.8, 4) is 11.5 Å². The Morgan fingerprint density at radius 2 is 2.10 bits per heavy atom. The van der Waals surface area contributed by atoms with Crippen LogP contribution in [-0.2, 0) is 4.79 Å². The lowest BCUT2D eigenvalue weighted by atomic mass is 10.0. The number of aliphatic carboxylic acids is 1. The zero-order chi connectivity index (χ0) is 15.3. The van der Waals surface area contributed by atoms with Crippen molar-refractivity contribution in [1.82, 2.24) is 0 Å². The van der Waals surface area contributed by atoms with Crippen LogP contribution in [0.1, 0.15) is 17.2 Å². The minimum absolute atomic E-state index is 0.00187. The Kier molecular flexibility index (Phi) is 5.87. The van der Waals surface area contributed by atoms with Gasteiger partial charge in [-0.2, -0.15) is 12.6 Å². The molecule has 0 aliphatic rings. The summed E-state index contributed by atoms with van der Waals surface area (Å²) in [5.74, 6) is -1.38. The summed E-state index contributed by atoms with van der Waals surface area (Å²) in [4.78, 5) is 10.5. The third-order valence-corrected chi connectivity index (χ3v) is 3.01. The molecule has 0 aliphatic heterocycles. The van der Waals surface area contributed by atoms with Crippen molar-refractivity contribution in [2.75, 3.05) is 12.9 Å². The Labute approximate surface area is 121 Å². The predicted octanol–water partition coefficient (Wildman–Crippen LogP) is 0.823. The molecule has 2 atom stereocenters. The highest BCUT2D eigenvalue weighted by Crippen LogP contribution is 2.36. The van der Waals surface area contributed by atoms with Crippen molar-refractivity contribution in [2.45, 2.75) is 12.2 Å². The van der Waals surface area contributed by atoms with E-state index in [1.54, 1.807) is 0 Å². The number of methoxy groups -OCH3 is 1. The zero-order valence-corrected chi connectivity index (χ0v) is 11.6. The number of phenolic OH excluding ortho intramolecular Hbond substituents is 1. The Morgan fingerprint density at radius 3 is 2.60 bits per heavy atom. The van der Waals surface area contributed by atoms with Crippen molar-refractivity contribution in [3.05, 3.63) is 29.3 Å². The van der Waals surface area contributed by atoms with Crippen LogP contribution in [0.25, 0.3) is 6.08 Å². The van der Waals surface area contributed by atoms with Gasteiger partial charge in [-0.05, 0) is 23.8 Å². The molecule has 0 saturated carbocycles. The van der Waals surface area contributed by atoms with Crippen LogP contribution >= 0.6 is 12.6 Å². The van der Waals surface area contributed by atoms with Gasteiger partial charge in [-0.1, -0.05) is 0 Å². The summed E-state index contributed by atoms with van der Waals surface area (Å²) in [6, 6.07) is 2.78. The highest BCUT2D eigenvalue weighted by molar-refractivity contribution is 7.80. The van der Waals surface area contributed by atoms with Crippen LogP contribution in [0.4, 0.5) is 0 Å². The molecule has 0 aromatic heterocycles. The van der Waals surface area contributed by atoms with Crippen molar-refractivity contribution in [2.24, 2.45) is 0 Å². The summed E-state index contributed by atoms with van der Waals surface area (Å²) < 4.78 is 4.95. The zero-order valence-electron chi connectivity index (χ0n) is 10.7. The maximum atomic E-state index is 10.5. The molecule has 1 rings (SSSR count). The van der Waals surface area contributed by atoms with Crippen molar-refractivity contribution in [1.29, 1.82) is 0 Å². The molecule has 0 heterocycles. The number of carboxylic acid groups (broad SMARTS) is 1. The Balaban J connectivity index is 3.28. The number of carboxylic acids is 1. The van der Waals surface area contributed by atoms with Crippen molar-refractivity contribution >= 4 is 24.7 Å². The van der Waals surface area contributed by atoms with Gasteiger partial charge in [-0.3, -0.25) is 0 Å². The fraction of sp³-hybridized carbons (Fsp3) is 0.308. The predicted molar refractivity (Wildman–Crippen MR) is 76.1 cm³/mol. The van der Waals surface area contributed by atoms with Gasteiger partial charge in [0.05, 0.1) is 13.2 Å². The lowest BCUT2D eigenvalue weighted by Gasteiger charge is -2.19. The van der Waals surface area contributed by atoms with Gasteiger partial charge in [0.15, 0.2) is 11.5 Å². The molecule has 2 unspecified atom stereocenters. The fourth-order valence-electron chi connectivity index (χ4n) is 1.60. The van der Waals surface area contributed by atoms with E-state index in [2.05, 4.69) is 12.6 Å². The maximum absolute atomic E-state index is 10.5. The summed E-state index contributed by atoms with van der Waals surface area (Å²) in [5.41, 5.74) is 0.443. The molecule has 0 radical (unpaired) electrons. The van der Waals surface area contributed by atoms with E-state index in [4.69, 9.17) is 9.84 Å². The van der Waals surface area contributed by atoms with Crippen LogP contribution in [-0.4, -0.2) is 45.4 Å². The van der Waals surface area contributed by atoms with Gasteiger partial charge < -0.3 is 25.2 Å². The number of hydrogen-bond acceptors (Lipinski definition) is 6. The molecular weight excluding hydrogens is 284 g/mol. The molecule has 0 fully saturated rings. The molecule has 20 heavy (non-hydrogen) atoms. The number of thiol groups is 1. The van der Waals surface area contributed by atoms with Crippen LogP contribution in [0.15, 0.2) is 18.2 Å². The molecule has 1 aromatic carbocycles. The molecule has 0 aliphatic carbocycles. The summed E-state index contributed by atoms with van der Waals surface area (Å²) in [7, 11) is 1.32. The van der Waals surface area contributed by atoms with E-state index in [1.165, 1.54) is 25.3 Å². The van der Waals surface area contributed by atoms with Crippen LogP contribution < -0.4 is 4.74 Å². The smallest absolute Gasteiger partial charge is 0.328 e. The third kappa shape index (κ3) is 3.89. The molecule has 110 valence electrons. The van der Waals surface area contributed by atoms with Crippen LogP contribution in [0.2, 0.25) is 0 Å². The van der Waals surface area contributed by atoms with E-state index in [-0.39, 0.29) is 22.8 Å². The standard InChI is InChI=1S/C13H16O6S/c1-19-10-5-7(2-3-11(15)16)4-8(13(10)18)12(17)9(14)6-20/h2-5,9,12,14,17-18,20H,6H2,1H3,(H,15,16). The minimum Gasteiger partial charge on any atom is -0.504 e. The van der Waals surface area contributed by atoms with Gasteiger partial charge in [0.1, 0.15) is 6.10 Å². The molecule has 4 N–H and O–H groups in total. The largest absolute Gasteiger partial charge is 0.504 e. The summed E-state index contributed by atoms with van der Waals surface area (Å²) in [6.07, 6.45) is -0.336. The van der Waals surface area contributed by atoms with Crippen LogP contribution in [0.5, 0.6) is 11.5 Å². The fourth-order valence-corrected chi connectivity index (χ4v) is 1.80. The monoisotopic (exact) mass is 300 g/mol. The number of aliphatic hydroxyl groups excluding tert-OH is 2. The second-order valence-corrected chi connectivity index (χ2v) is 4.39. The van der Waals surface area contributed by atoms with Gasteiger partial charge in [0.2, 0.25) is 0 Å². The first kappa shape index (κ1) is 16.4. The highest BCUT2D eigenvalue weighted by atomic mass is 32.1. The number of benzene rings is 1. The van der Waals surface area contributed by atoms with Crippen molar-refractivity contribution in [3.63, 3.8) is 0 Å². The van der Waals surface area contributed by atoms with Gasteiger partial charge in [-0.25, -0.2) is 4.79 Å². The van der Waals surface area contributed by atoms with Crippen LogP contribution in [0, 0.1) is 0 Å². The SMILES string of the molecule is COc1cc(C=CC(=O)O)cc(C(O)C(O)CS)c1O. The Morgan fingerprint density at radius 1 is 1.45 bits per heavy atom. The first-order valence-corrected chi connectivity index (χ1v) is 6.32. The van der Waals surface area contributed by atoms with Crippen molar-refractivity contribution < 1.29 is 30.0 Å². The molecule has 0 amide bonds. The second-order valence-electron chi connectivity index (χ2n) is 4.03. The first-order valence-electron chi connectivity index (χ1n) is 5.69. The number of aliphatic hydroxyl groups is 2.